The first kappa shape index (κ1) is 17.0. The number of benzene rings is 1. The van der Waals surface area contributed by atoms with Gasteiger partial charge in [-0.3, -0.25) is 4.79 Å². The summed E-state index contributed by atoms with van der Waals surface area (Å²) in [6.45, 7) is 4.15. The summed E-state index contributed by atoms with van der Waals surface area (Å²) >= 11 is 6.18. The van der Waals surface area contributed by atoms with Crippen molar-refractivity contribution in [3.8, 4) is 22.6 Å². The number of aromatic amines is 1. The van der Waals surface area contributed by atoms with E-state index in [0.29, 0.717) is 27.7 Å². The minimum atomic E-state index is -0.533. The van der Waals surface area contributed by atoms with Gasteiger partial charge < -0.3 is 16.5 Å². The zero-order valence-electron chi connectivity index (χ0n) is 13.9. The minimum absolute atomic E-state index is 0.153. The van der Waals surface area contributed by atoms with Crippen molar-refractivity contribution in [2.75, 3.05) is 5.73 Å². The molecule has 6 nitrogen and oxygen atoms in total. The van der Waals surface area contributed by atoms with E-state index in [1.807, 2.05) is 18.2 Å². The predicted octanol–water partition coefficient (Wildman–Crippen LogP) is 3.60. The van der Waals surface area contributed by atoms with Crippen LogP contribution >= 0.6 is 11.6 Å². The molecule has 0 bridgehead atoms. The molecule has 0 atom stereocenters. The summed E-state index contributed by atoms with van der Waals surface area (Å²) in [6.07, 6.45) is 1.56. The smallest absolute Gasteiger partial charge is 0.250 e. The van der Waals surface area contributed by atoms with Gasteiger partial charge in [-0.15, -0.1) is 0 Å². The molecule has 1 amide bonds. The highest BCUT2D eigenvalue weighted by Crippen LogP contribution is 2.35. The Balaban J connectivity index is 2.23. The Morgan fingerprint density at radius 3 is 2.64 bits per heavy atom. The highest BCUT2D eigenvalue weighted by molar-refractivity contribution is 6.31. The van der Waals surface area contributed by atoms with Gasteiger partial charge in [0, 0.05) is 16.8 Å². The van der Waals surface area contributed by atoms with Gasteiger partial charge in [0.2, 0.25) is 5.95 Å². The van der Waals surface area contributed by atoms with Crippen LogP contribution in [0.15, 0.2) is 36.5 Å². The zero-order chi connectivity index (χ0) is 18.1. The van der Waals surface area contributed by atoms with Crippen LogP contribution in [0.1, 0.15) is 35.7 Å². The quantitative estimate of drug-likeness (QED) is 0.663. The highest BCUT2D eigenvalue weighted by atomic mass is 35.5. The van der Waals surface area contributed by atoms with Crippen molar-refractivity contribution in [1.82, 2.24) is 15.0 Å². The number of H-pyrrole nitrogens is 1. The summed E-state index contributed by atoms with van der Waals surface area (Å²) < 4.78 is 0. The molecule has 7 heteroatoms. The minimum Gasteiger partial charge on any atom is -0.368 e. The van der Waals surface area contributed by atoms with Crippen molar-refractivity contribution in [1.29, 1.82) is 0 Å². The summed E-state index contributed by atoms with van der Waals surface area (Å²) in [5, 5.41) is 0.581. The van der Waals surface area contributed by atoms with Gasteiger partial charge in [-0.2, -0.15) is 0 Å². The van der Waals surface area contributed by atoms with Gasteiger partial charge >= 0.3 is 0 Å². The van der Waals surface area contributed by atoms with E-state index < -0.39 is 5.91 Å². The van der Waals surface area contributed by atoms with Crippen LogP contribution < -0.4 is 11.5 Å². The maximum atomic E-state index is 12.0. The molecule has 3 aromatic rings. The molecule has 2 heterocycles. The number of aromatic nitrogens is 3. The molecule has 0 aliphatic rings. The third-order valence-corrected chi connectivity index (χ3v) is 4.18. The number of carbonyl (C=O) groups is 1. The predicted molar refractivity (Wildman–Crippen MR) is 99.3 cm³/mol. The lowest BCUT2D eigenvalue weighted by molar-refractivity contribution is 0.100. The number of primary amides is 1. The van der Waals surface area contributed by atoms with Crippen LogP contribution in [-0.2, 0) is 0 Å². The van der Waals surface area contributed by atoms with Crippen LogP contribution in [0.4, 0.5) is 5.95 Å². The van der Waals surface area contributed by atoms with Gasteiger partial charge in [0.1, 0.15) is 0 Å². The molecule has 2 aromatic heterocycles. The topological polar surface area (TPSA) is 111 Å². The molecule has 0 aliphatic heterocycles. The summed E-state index contributed by atoms with van der Waals surface area (Å²) in [7, 11) is 0. The Kier molecular flexibility index (Phi) is 4.46. The molecule has 0 saturated carbocycles. The number of rotatable bonds is 4. The lowest BCUT2D eigenvalue weighted by Gasteiger charge is -2.13. The van der Waals surface area contributed by atoms with Gasteiger partial charge in [0.25, 0.3) is 5.91 Å². The fraction of sp³-hybridized carbons (Fsp3) is 0.167. The first-order valence-corrected chi connectivity index (χ1v) is 8.16. The van der Waals surface area contributed by atoms with Crippen molar-refractivity contribution in [2.45, 2.75) is 19.8 Å². The molecule has 0 radical (unpaired) electrons. The number of hydrogen-bond donors (Lipinski definition) is 3. The van der Waals surface area contributed by atoms with Crippen LogP contribution in [0, 0.1) is 0 Å². The second-order valence-corrected chi connectivity index (χ2v) is 6.46. The molecule has 25 heavy (non-hydrogen) atoms. The van der Waals surface area contributed by atoms with Crippen LogP contribution in [0.3, 0.4) is 0 Å². The van der Waals surface area contributed by atoms with E-state index in [0.717, 1.165) is 11.1 Å². The Hall–Kier alpha value is -2.86. The molecule has 128 valence electrons. The normalized spacial score (nSPS) is 11.0. The molecule has 1 aromatic carbocycles. The van der Waals surface area contributed by atoms with Crippen LogP contribution in [0.2, 0.25) is 5.02 Å². The maximum Gasteiger partial charge on any atom is 0.250 e. The summed E-state index contributed by atoms with van der Waals surface area (Å²) in [5.74, 6) is -0.136. The Bertz CT molecular complexity index is 948. The highest BCUT2D eigenvalue weighted by Gasteiger charge is 2.20. The number of nitrogen functional groups attached to an aromatic ring is 1. The standard InChI is InChI=1S/C18H18ClN5O/c1-9(2)11-4-3-10(19)7-12(11)16-13(17(20)25)8-15(23-16)14-5-6-22-18(21)24-14/h3-9,23H,1-2H3,(H2,20,25)(H2,21,22,24). The van der Waals surface area contributed by atoms with E-state index in [9.17, 15) is 4.79 Å². The van der Waals surface area contributed by atoms with E-state index in [1.54, 1.807) is 18.3 Å². The van der Waals surface area contributed by atoms with Crippen LogP contribution in [-0.4, -0.2) is 20.9 Å². The molecule has 3 rings (SSSR count). The fourth-order valence-corrected chi connectivity index (χ4v) is 2.94. The van der Waals surface area contributed by atoms with E-state index in [2.05, 4.69) is 28.8 Å². The first-order chi connectivity index (χ1) is 11.9. The summed E-state index contributed by atoms with van der Waals surface area (Å²) in [4.78, 5) is 23.3. The van der Waals surface area contributed by atoms with Crippen molar-refractivity contribution in [3.63, 3.8) is 0 Å². The molecule has 0 fully saturated rings. The Morgan fingerprint density at radius 2 is 2.00 bits per heavy atom. The van der Waals surface area contributed by atoms with Gasteiger partial charge in [-0.25, -0.2) is 9.97 Å². The van der Waals surface area contributed by atoms with Gasteiger partial charge in [0.05, 0.1) is 22.6 Å². The molecule has 0 unspecified atom stereocenters. The summed E-state index contributed by atoms with van der Waals surface area (Å²) in [5.41, 5.74) is 15.3. The first-order valence-electron chi connectivity index (χ1n) is 7.78. The third-order valence-electron chi connectivity index (χ3n) is 3.94. The number of anilines is 1. The van der Waals surface area contributed by atoms with E-state index in [1.165, 1.54) is 0 Å². The molecule has 0 aliphatic carbocycles. The van der Waals surface area contributed by atoms with E-state index >= 15 is 0 Å². The molecule has 0 spiro atoms. The second-order valence-electron chi connectivity index (χ2n) is 6.02. The second kappa shape index (κ2) is 6.57. The number of nitrogens with zero attached hydrogens (tertiary/aromatic N) is 2. The number of hydrogen-bond acceptors (Lipinski definition) is 4. The maximum absolute atomic E-state index is 12.0. The average molecular weight is 356 g/mol. The number of amides is 1. The molecular weight excluding hydrogens is 338 g/mol. The van der Waals surface area contributed by atoms with Crippen molar-refractivity contribution in [2.24, 2.45) is 5.73 Å². The zero-order valence-corrected chi connectivity index (χ0v) is 14.6. The number of halogens is 1. The van der Waals surface area contributed by atoms with E-state index in [4.69, 9.17) is 23.1 Å². The molecule has 5 N–H and O–H groups in total. The lowest BCUT2D eigenvalue weighted by Crippen LogP contribution is -2.11. The number of carbonyl (C=O) groups excluding carboxylic acids is 1. The molecular formula is C18H18ClN5O. The van der Waals surface area contributed by atoms with Crippen LogP contribution in [0.25, 0.3) is 22.6 Å². The van der Waals surface area contributed by atoms with Crippen molar-refractivity contribution < 1.29 is 4.79 Å². The fourth-order valence-electron chi connectivity index (χ4n) is 2.77. The van der Waals surface area contributed by atoms with Crippen LogP contribution in [0.5, 0.6) is 0 Å². The largest absolute Gasteiger partial charge is 0.368 e. The van der Waals surface area contributed by atoms with Gasteiger partial charge in [-0.05, 0) is 35.7 Å². The number of nitrogens with one attached hydrogen (secondary N) is 1. The van der Waals surface area contributed by atoms with Gasteiger partial charge in [0.15, 0.2) is 0 Å². The molecule has 0 saturated heterocycles. The third kappa shape index (κ3) is 3.34. The lowest BCUT2D eigenvalue weighted by atomic mass is 9.94. The van der Waals surface area contributed by atoms with E-state index in [-0.39, 0.29) is 11.9 Å². The Morgan fingerprint density at radius 1 is 1.24 bits per heavy atom. The van der Waals surface area contributed by atoms with Gasteiger partial charge in [-0.1, -0.05) is 31.5 Å². The monoisotopic (exact) mass is 355 g/mol. The SMILES string of the molecule is CC(C)c1ccc(Cl)cc1-c1[nH]c(-c2ccnc(N)n2)cc1C(N)=O. The summed E-state index contributed by atoms with van der Waals surface area (Å²) in [6, 6.07) is 8.99. The average Bonchev–Trinajstić information content (AvgIpc) is 3.00. The van der Waals surface area contributed by atoms with Crippen molar-refractivity contribution in [3.05, 3.63) is 52.7 Å². The Labute approximate surface area is 150 Å². The number of nitrogens with two attached hydrogens (primary N) is 2. The van der Waals surface area contributed by atoms with Crippen molar-refractivity contribution >= 4 is 23.5 Å².